The van der Waals surface area contributed by atoms with E-state index in [0.29, 0.717) is 11.8 Å². The molecule has 104 valence electrons. The van der Waals surface area contributed by atoms with Crippen molar-refractivity contribution in [1.29, 1.82) is 0 Å². The van der Waals surface area contributed by atoms with Crippen molar-refractivity contribution in [2.75, 3.05) is 13.7 Å². The maximum atomic E-state index is 11.9. The highest BCUT2D eigenvalue weighted by atomic mass is 16.5. The fourth-order valence-electron chi connectivity index (χ4n) is 2.22. The number of hydrogen-bond acceptors (Lipinski definition) is 3. The molecule has 0 amide bonds. The van der Waals surface area contributed by atoms with E-state index in [9.17, 15) is 4.79 Å². The van der Waals surface area contributed by atoms with Crippen LogP contribution < -0.4 is 5.32 Å². The lowest BCUT2D eigenvalue weighted by Crippen LogP contribution is -2.32. The predicted octanol–water partition coefficient (Wildman–Crippen LogP) is 3.02. The summed E-state index contributed by atoms with van der Waals surface area (Å²) in [5.41, 5.74) is 2.36. The van der Waals surface area contributed by atoms with Crippen LogP contribution in [0.3, 0.4) is 0 Å². The number of hydrogen-bond donors (Lipinski definition) is 1. The Hall–Kier alpha value is -1.35. The second kappa shape index (κ2) is 6.20. The van der Waals surface area contributed by atoms with Crippen molar-refractivity contribution in [3.63, 3.8) is 0 Å². The maximum absolute atomic E-state index is 11.9. The standard InChI is InChI=1S/C16H23NO2/c1-11(2)10-17-15(16(18)19-3)14-6-4-5-13(9-14)12-7-8-12/h4-6,9,11-12,15,17H,7-8,10H2,1-3H3. The number of carbonyl (C=O) groups is 1. The Morgan fingerprint density at radius 2 is 2.16 bits per heavy atom. The Labute approximate surface area is 115 Å². The lowest BCUT2D eigenvalue weighted by Gasteiger charge is -2.19. The fourth-order valence-corrected chi connectivity index (χ4v) is 2.22. The molecule has 0 radical (unpaired) electrons. The first kappa shape index (κ1) is 14.1. The summed E-state index contributed by atoms with van der Waals surface area (Å²) < 4.78 is 4.91. The average molecular weight is 261 g/mol. The van der Waals surface area contributed by atoms with Crippen molar-refractivity contribution < 1.29 is 9.53 Å². The van der Waals surface area contributed by atoms with Gasteiger partial charge in [-0.05, 0) is 42.3 Å². The van der Waals surface area contributed by atoms with E-state index in [1.807, 2.05) is 12.1 Å². The van der Waals surface area contributed by atoms with Gasteiger partial charge >= 0.3 is 5.97 Å². The maximum Gasteiger partial charge on any atom is 0.327 e. The minimum absolute atomic E-state index is 0.214. The molecule has 3 nitrogen and oxygen atoms in total. The van der Waals surface area contributed by atoms with E-state index in [0.717, 1.165) is 12.1 Å². The zero-order valence-corrected chi connectivity index (χ0v) is 12.0. The molecule has 1 N–H and O–H groups in total. The van der Waals surface area contributed by atoms with Gasteiger partial charge in [-0.15, -0.1) is 0 Å². The summed E-state index contributed by atoms with van der Waals surface area (Å²) in [6.45, 7) is 5.05. The third kappa shape index (κ3) is 3.80. The molecule has 1 fully saturated rings. The first-order valence-electron chi connectivity index (χ1n) is 7.03. The topological polar surface area (TPSA) is 38.3 Å². The van der Waals surface area contributed by atoms with E-state index in [1.165, 1.54) is 25.5 Å². The van der Waals surface area contributed by atoms with Crippen LogP contribution in [0.5, 0.6) is 0 Å². The van der Waals surface area contributed by atoms with Crippen molar-refractivity contribution in [2.24, 2.45) is 5.92 Å². The van der Waals surface area contributed by atoms with Gasteiger partial charge in [-0.25, -0.2) is 4.79 Å². The molecule has 1 aliphatic carbocycles. The molecular formula is C16H23NO2. The van der Waals surface area contributed by atoms with Crippen LogP contribution in [-0.4, -0.2) is 19.6 Å². The largest absolute Gasteiger partial charge is 0.468 e. The van der Waals surface area contributed by atoms with Gasteiger partial charge in [0, 0.05) is 0 Å². The molecule has 1 unspecified atom stereocenters. The molecule has 0 aromatic heterocycles. The number of rotatable bonds is 6. The summed E-state index contributed by atoms with van der Waals surface area (Å²) in [5, 5.41) is 3.30. The Bertz CT molecular complexity index is 438. The molecule has 1 aliphatic rings. The van der Waals surface area contributed by atoms with E-state index in [2.05, 4.69) is 31.3 Å². The monoisotopic (exact) mass is 261 g/mol. The van der Waals surface area contributed by atoms with Crippen LogP contribution in [0.25, 0.3) is 0 Å². The zero-order valence-electron chi connectivity index (χ0n) is 12.0. The first-order chi connectivity index (χ1) is 9.11. The third-order valence-electron chi connectivity index (χ3n) is 3.46. The van der Waals surface area contributed by atoms with Crippen LogP contribution in [0.4, 0.5) is 0 Å². The lowest BCUT2D eigenvalue weighted by molar-refractivity contribution is -0.143. The molecule has 19 heavy (non-hydrogen) atoms. The number of carbonyl (C=O) groups excluding carboxylic acids is 1. The van der Waals surface area contributed by atoms with Crippen molar-refractivity contribution in [3.8, 4) is 0 Å². The van der Waals surface area contributed by atoms with E-state index < -0.39 is 0 Å². The molecule has 1 aromatic carbocycles. The smallest absolute Gasteiger partial charge is 0.327 e. The molecule has 0 aliphatic heterocycles. The van der Waals surface area contributed by atoms with Crippen LogP contribution in [0.2, 0.25) is 0 Å². The SMILES string of the molecule is COC(=O)C(NCC(C)C)c1cccc(C2CC2)c1. The second-order valence-corrected chi connectivity index (χ2v) is 5.70. The minimum atomic E-state index is -0.355. The van der Waals surface area contributed by atoms with E-state index in [-0.39, 0.29) is 12.0 Å². The van der Waals surface area contributed by atoms with E-state index in [4.69, 9.17) is 4.74 Å². The normalized spacial score (nSPS) is 16.4. The molecule has 2 rings (SSSR count). The quantitative estimate of drug-likeness (QED) is 0.800. The Morgan fingerprint density at radius 3 is 2.74 bits per heavy atom. The highest BCUT2D eigenvalue weighted by Crippen LogP contribution is 2.40. The fraction of sp³-hybridized carbons (Fsp3) is 0.562. The van der Waals surface area contributed by atoms with Crippen molar-refractivity contribution in [1.82, 2.24) is 5.32 Å². The van der Waals surface area contributed by atoms with Crippen LogP contribution >= 0.6 is 0 Å². The highest BCUT2D eigenvalue weighted by molar-refractivity contribution is 5.77. The van der Waals surface area contributed by atoms with Gasteiger partial charge in [0.15, 0.2) is 0 Å². The van der Waals surface area contributed by atoms with Crippen LogP contribution in [0.1, 0.15) is 49.8 Å². The van der Waals surface area contributed by atoms with Crippen molar-refractivity contribution >= 4 is 5.97 Å². The molecule has 3 heteroatoms. The number of esters is 1. The minimum Gasteiger partial charge on any atom is -0.468 e. The molecular weight excluding hydrogens is 238 g/mol. The average Bonchev–Trinajstić information content (AvgIpc) is 3.23. The Balaban J connectivity index is 2.16. The lowest BCUT2D eigenvalue weighted by atomic mass is 10.0. The van der Waals surface area contributed by atoms with Gasteiger partial charge in [0.1, 0.15) is 6.04 Å². The van der Waals surface area contributed by atoms with Gasteiger partial charge < -0.3 is 10.1 Å². The zero-order chi connectivity index (χ0) is 13.8. The van der Waals surface area contributed by atoms with Crippen LogP contribution in [0, 0.1) is 5.92 Å². The number of methoxy groups -OCH3 is 1. The number of nitrogens with one attached hydrogen (secondary N) is 1. The number of ether oxygens (including phenoxy) is 1. The Kier molecular flexibility index (Phi) is 4.59. The predicted molar refractivity (Wildman–Crippen MR) is 76.0 cm³/mol. The highest BCUT2D eigenvalue weighted by Gasteiger charge is 2.26. The van der Waals surface area contributed by atoms with E-state index in [1.54, 1.807) is 0 Å². The summed E-state index contributed by atoms with van der Waals surface area (Å²) in [5.74, 6) is 0.982. The molecule has 0 heterocycles. The summed E-state index contributed by atoms with van der Waals surface area (Å²) in [6, 6.07) is 7.98. The van der Waals surface area contributed by atoms with Crippen LogP contribution in [0.15, 0.2) is 24.3 Å². The van der Waals surface area contributed by atoms with Crippen molar-refractivity contribution in [2.45, 2.75) is 38.6 Å². The van der Waals surface area contributed by atoms with Gasteiger partial charge in [-0.3, -0.25) is 0 Å². The summed E-state index contributed by atoms with van der Waals surface area (Å²) in [4.78, 5) is 11.9. The van der Waals surface area contributed by atoms with Crippen molar-refractivity contribution in [3.05, 3.63) is 35.4 Å². The molecule has 1 aromatic rings. The van der Waals surface area contributed by atoms with Crippen LogP contribution in [-0.2, 0) is 9.53 Å². The van der Waals surface area contributed by atoms with Gasteiger partial charge in [-0.2, -0.15) is 0 Å². The van der Waals surface area contributed by atoms with Gasteiger partial charge in [-0.1, -0.05) is 38.1 Å². The van der Waals surface area contributed by atoms with Gasteiger partial charge in [0.05, 0.1) is 7.11 Å². The summed E-state index contributed by atoms with van der Waals surface area (Å²) >= 11 is 0. The molecule has 0 saturated heterocycles. The second-order valence-electron chi connectivity index (χ2n) is 5.70. The number of benzene rings is 1. The Morgan fingerprint density at radius 1 is 1.42 bits per heavy atom. The molecule has 0 bridgehead atoms. The molecule has 0 spiro atoms. The van der Waals surface area contributed by atoms with E-state index >= 15 is 0 Å². The summed E-state index contributed by atoms with van der Waals surface area (Å²) in [7, 11) is 1.44. The third-order valence-corrected chi connectivity index (χ3v) is 3.46. The molecule has 1 atom stereocenters. The first-order valence-corrected chi connectivity index (χ1v) is 7.03. The van der Waals surface area contributed by atoms with Gasteiger partial charge in [0.2, 0.25) is 0 Å². The molecule has 1 saturated carbocycles. The van der Waals surface area contributed by atoms with Gasteiger partial charge in [0.25, 0.3) is 0 Å². The summed E-state index contributed by atoms with van der Waals surface area (Å²) in [6.07, 6.45) is 2.54.